The quantitative estimate of drug-likeness (QED) is 0.501. The number of ether oxygens (including phenoxy) is 1. The molecule has 0 aromatic carbocycles. The predicted molar refractivity (Wildman–Crippen MR) is 56.2 cm³/mol. The second kappa shape index (κ2) is 5.34. The third-order valence-electron chi connectivity index (χ3n) is 2.02. The number of pyridine rings is 1. The van der Waals surface area contributed by atoms with Gasteiger partial charge >= 0.3 is 11.8 Å². The molecule has 1 aromatic rings. The molecule has 0 aliphatic heterocycles. The first kappa shape index (κ1) is 13.7. The molecule has 0 amide bonds. The molecule has 0 saturated carbocycles. The highest BCUT2D eigenvalue weighted by atomic mass is 19.3. The molecule has 98 valence electrons. The second-order valence-electron chi connectivity index (χ2n) is 3.10. The minimum absolute atomic E-state index is 0.0132. The van der Waals surface area contributed by atoms with Gasteiger partial charge in [0.05, 0.1) is 12.3 Å². The highest BCUT2D eigenvalue weighted by molar-refractivity contribution is 5.96. The molecule has 0 spiro atoms. The van der Waals surface area contributed by atoms with Gasteiger partial charge in [0.25, 0.3) is 6.43 Å². The topological polar surface area (TPSA) is 108 Å². The van der Waals surface area contributed by atoms with E-state index in [1.165, 1.54) is 6.92 Å². The van der Waals surface area contributed by atoms with Gasteiger partial charge < -0.3 is 20.6 Å². The molecular weight excluding hydrogens is 252 g/mol. The van der Waals surface area contributed by atoms with Crippen molar-refractivity contribution in [3.05, 3.63) is 27.4 Å². The molecule has 1 rings (SSSR count). The Hall–Kier alpha value is -2.32. The summed E-state index contributed by atoms with van der Waals surface area (Å²) in [6.07, 6.45) is -2.47. The van der Waals surface area contributed by atoms with E-state index in [-0.39, 0.29) is 6.61 Å². The van der Waals surface area contributed by atoms with Crippen LogP contribution in [0.5, 0.6) is 0 Å². The number of hydrogen-bond donors (Lipinski definition) is 1. The molecule has 0 saturated heterocycles. The van der Waals surface area contributed by atoms with Crippen molar-refractivity contribution in [1.29, 1.82) is 0 Å². The number of aromatic nitrogens is 1. The summed E-state index contributed by atoms with van der Waals surface area (Å²) in [5, 5.41) is 10.5. The molecular formula is C9H9F2N3O4. The lowest BCUT2D eigenvalue weighted by atomic mass is 10.1. The number of halogens is 2. The summed E-state index contributed by atoms with van der Waals surface area (Å²) in [4.78, 5) is 24.0. The first-order chi connectivity index (χ1) is 8.40. The summed E-state index contributed by atoms with van der Waals surface area (Å²) in [6.45, 7) is 1.53. The average molecular weight is 261 g/mol. The van der Waals surface area contributed by atoms with Crippen LogP contribution < -0.4 is 5.73 Å². The van der Waals surface area contributed by atoms with Gasteiger partial charge in [0.15, 0.2) is 6.20 Å². The average Bonchev–Trinajstić information content (AvgIpc) is 2.27. The lowest BCUT2D eigenvalue weighted by Crippen LogP contribution is -2.13. The van der Waals surface area contributed by atoms with Crippen LogP contribution in [0.1, 0.15) is 29.3 Å². The first-order valence-corrected chi connectivity index (χ1v) is 4.78. The van der Waals surface area contributed by atoms with Crippen LogP contribution in [0.4, 0.5) is 20.3 Å². The van der Waals surface area contributed by atoms with E-state index in [4.69, 9.17) is 5.73 Å². The highest BCUT2D eigenvalue weighted by Gasteiger charge is 2.30. The third kappa shape index (κ3) is 2.50. The molecule has 0 radical (unpaired) electrons. The monoisotopic (exact) mass is 261 g/mol. The van der Waals surface area contributed by atoms with Crippen molar-refractivity contribution in [2.75, 3.05) is 12.3 Å². The van der Waals surface area contributed by atoms with Crippen LogP contribution >= 0.6 is 0 Å². The van der Waals surface area contributed by atoms with Crippen LogP contribution in [0.3, 0.4) is 0 Å². The van der Waals surface area contributed by atoms with Crippen molar-refractivity contribution < 1.29 is 23.2 Å². The Morgan fingerprint density at radius 2 is 2.28 bits per heavy atom. The van der Waals surface area contributed by atoms with Crippen LogP contribution in [0, 0.1) is 10.1 Å². The van der Waals surface area contributed by atoms with Crippen LogP contribution in [-0.4, -0.2) is 22.5 Å². The number of rotatable bonds is 4. The summed E-state index contributed by atoms with van der Waals surface area (Å²) >= 11 is 0. The van der Waals surface area contributed by atoms with E-state index in [9.17, 15) is 23.7 Å². The van der Waals surface area contributed by atoms with Crippen LogP contribution in [0.15, 0.2) is 6.20 Å². The van der Waals surface area contributed by atoms with Crippen molar-refractivity contribution in [3.63, 3.8) is 0 Å². The molecule has 0 fully saturated rings. The molecule has 0 aliphatic carbocycles. The Morgan fingerprint density at radius 1 is 1.67 bits per heavy atom. The van der Waals surface area contributed by atoms with Gasteiger partial charge in [-0.2, -0.15) is 0 Å². The van der Waals surface area contributed by atoms with E-state index in [1.54, 1.807) is 0 Å². The Morgan fingerprint density at radius 3 is 2.72 bits per heavy atom. The zero-order valence-electron chi connectivity index (χ0n) is 9.22. The summed E-state index contributed by atoms with van der Waals surface area (Å²) in [7, 11) is 0. The fraction of sp³-hybridized carbons (Fsp3) is 0.333. The maximum Gasteiger partial charge on any atom is 0.374 e. The Labute approximate surface area is 99.7 Å². The number of alkyl halides is 2. The number of nitrogen functional groups attached to an aromatic ring is 1. The minimum Gasteiger partial charge on any atom is -0.462 e. The largest absolute Gasteiger partial charge is 0.462 e. The Bertz CT molecular complexity index is 493. The van der Waals surface area contributed by atoms with Crippen molar-refractivity contribution >= 4 is 17.5 Å². The number of hydrogen-bond acceptors (Lipinski definition) is 6. The fourth-order valence-corrected chi connectivity index (χ4v) is 1.26. The van der Waals surface area contributed by atoms with E-state index in [2.05, 4.69) is 9.72 Å². The molecule has 1 heterocycles. The molecule has 9 heteroatoms. The highest BCUT2D eigenvalue weighted by Crippen LogP contribution is 2.34. The fourth-order valence-electron chi connectivity index (χ4n) is 1.26. The van der Waals surface area contributed by atoms with Crippen molar-refractivity contribution in [3.8, 4) is 0 Å². The summed E-state index contributed by atoms with van der Waals surface area (Å²) in [6, 6.07) is 0. The smallest absolute Gasteiger partial charge is 0.374 e. The number of nitro groups is 1. The van der Waals surface area contributed by atoms with Gasteiger partial charge in [-0.3, -0.25) is 0 Å². The van der Waals surface area contributed by atoms with Gasteiger partial charge in [0, 0.05) is 0 Å². The van der Waals surface area contributed by atoms with E-state index in [0.29, 0.717) is 0 Å². The lowest BCUT2D eigenvalue weighted by Gasteiger charge is -2.08. The van der Waals surface area contributed by atoms with Gasteiger partial charge in [-0.1, -0.05) is 0 Å². The zero-order valence-corrected chi connectivity index (χ0v) is 9.22. The molecule has 0 bridgehead atoms. The third-order valence-corrected chi connectivity index (χ3v) is 2.02. The standard InChI is InChI=1S/C9H9F2N3O4/c1-2-18-9(15)4-3-13-8(14(16)17)5(6(4)12)7(10)11/h3,7H,2H2,1H3,(H2,12,13). The maximum absolute atomic E-state index is 12.7. The predicted octanol–water partition coefficient (Wildman–Crippen LogP) is 1.69. The lowest BCUT2D eigenvalue weighted by molar-refractivity contribution is -0.390. The van der Waals surface area contributed by atoms with E-state index >= 15 is 0 Å². The molecule has 2 N–H and O–H groups in total. The normalized spacial score (nSPS) is 10.4. The van der Waals surface area contributed by atoms with Gasteiger partial charge in [0.2, 0.25) is 0 Å². The van der Waals surface area contributed by atoms with Gasteiger partial charge in [0.1, 0.15) is 11.1 Å². The van der Waals surface area contributed by atoms with Gasteiger partial charge in [-0.25, -0.2) is 13.6 Å². The molecule has 0 unspecified atom stereocenters. The Kier molecular flexibility index (Phi) is 4.08. The van der Waals surface area contributed by atoms with Crippen LogP contribution in [-0.2, 0) is 4.74 Å². The maximum atomic E-state index is 12.7. The summed E-state index contributed by atoms with van der Waals surface area (Å²) < 4.78 is 30.0. The van der Waals surface area contributed by atoms with Crippen LogP contribution in [0.25, 0.3) is 0 Å². The SMILES string of the molecule is CCOC(=O)c1cnc([N+](=O)[O-])c(C(F)F)c1N. The number of nitrogens with two attached hydrogens (primary N) is 1. The van der Waals surface area contributed by atoms with Crippen molar-refractivity contribution in [2.24, 2.45) is 0 Å². The van der Waals surface area contributed by atoms with Gasteiger partial charge in [-0.05, 0) is 16.8 Å². The number of carbonyl (C=O) groups is 1. The minimum atomic E-state index is -3.22. The first-order valence-electron chi connectivity index (χ1n) is 4.78. The zero-order chi connectivity index (χ0) is 13.9. The summed E-state index contributed by atoms with van der Waals surface area (Å²) in [5.74, 6) is -2.03. The molecule has 0 aliphatic rings. The van der Waals surface area contributed by atoms with Gasteiger partial charge in [-0.15, -0.1) is 0 Å². The molecule has 1 aromatic heterocycles. The molecule has 7 nitrogen and oxygen atoms in total. The molecule has 0 atom stereocenters. The van der Waals surface area contributed by atoms with E-state index < -0.39 is 40.0 Å². The number of anilines is 1. The second-order valence-corrected chi connectivity index (χ2v) is 3.10. The summed E-state index contributed by atoms with van der Waals surface area (Å²) in [5.41, 5.74) is 3.14. The molecule has 18 heavy (non-hydrogen) atoms. The number of esters is 1. The van der Waals surface area contributed by atoms with Crippen molar-refractivity contribution in [2.45, 2.75) is 13.3 Å². The van der Waals surface area contributed by atoms with Crippen LogP contribution in [0.2, 0.25) is 0 Å². The van der Waals surface area contributed by atoms with E-state index in [1.807, 2.05) is 0 Å². The Balaban J connectivity index is 3.39. The number of carbonyl (C=O) groups excluding carboxylic acids is 1. The van der Waals surface area contributed by atoms with Crippen molar-refractivity contribution in [1.82, 2.24) is 4.98 Å². The number of nitrogens with zero attached hydrogens (tertiary/aromatic N) is 2. The van der Waals surface area contributed by atoms with E-state index in [0.717, 1.165) is 6.20 Å².